The second kappa shape index (κ2) is 4.55. The first-order valence-electron chi connectivity index (χ1n) is 5.83. The van der Waals surface area contributed by atoms with E-state index in [9.17, 15) is 10.2 Å². The van der Waals surface area contributed by atoms with Crippen LogP contribution in [0.5, 0.6) is 11.5 Å². The Kier molecular flexibility index (Phi) is 3.26. The molecular weight excluding hydrogens is 218 g/mol. The molecule has 4 nitrogen and oxygen atoms in total. The maximum Gasteiger partial charge on any atom is 0.119 e. The Labute approximate surface area is 101 Å². The lowest BCUT2D eigenvalue weighted by atomic mass is 9.88. The molecule has 0 spiro atoms. The predicted molar refractivity (Wildman–Crippen MR) is 65.1 cm³/mol. The van der Waals surface area contributed by atoms with Gasteiger partial charge in [-0.05, 0) is 24.6 Å². The zero-order valence-electron chi connectivity index (χ0n) is 10.2. The Morgan fingerprint density at radius 2 is 1.88 bits per heavy atom. The summed E-state index contributed by atoms with van der Waals surface area (Å²) in [5.74, 6) is 0.179. The molecule has 2 rings (SSSR count). The van der Waals surface area contributed by atoms with E-state index in [-0.39, 0.29) is 23.0 Å². The summed E-state index contributed by atoms with van der Waals surface area (Å²) in [7, 11) is 0. The van der Waals surface area contributed by atoms with Gasteiger partial charge in [-0.3, -0.25) is 0 Å². The van der Waals surface area contributed by atoms with Crippen molar-refractivity contribution in [3.63, 3.8) is 0 Å². The number of phenolic OH excluding ortho intramolecular Hbond substituents is 2. The molecule has 1 aromatic rings. The number of hydrogen-bond acceptors (Lipinski definition) is 4. The minimum absolute atomic E-state index is 0.0884. The number of aromatic hydroxyl groups is 2. The maximum atomic E-state index is 9.42. The molecule has 1 heterocycles. The molecule has 0 bridgehead atoms. The fourth-order valence-corrected chi connectivity index (χ4v) is 1.94. The van der Waals surface area contributed by atoms with Crippen LogP contribution < -0.4 is 5.32 Å². The highest BCUT2D eigenvalue weighted by Crippen LogP contribution is 2.28. The Balaban J connectivity index is 1.96. The molecule has 94 valence electrons. The minimum Gasteiger partial charge on any atom is -0.508 e. The molecule has 3 N–H and O–H groups in total. The van der Waals surface area contributed by atoms with Gasteiger partial charge >= 0.3 is 0 Å². The molecule has 1 fully saturated rings. The van der Waals surface area contributed by atoms with E-state index in [2.05, 4.69) is 12.2 Å². The van der Waals surface area contributed by atoms with Crippen LogP contribution in [0.3, 0.4) is 0 Å². The van der Waals surface area contributed by atoms with Gasteiger partial charge in [0, 0.05) is 24.1 Å². The zero-order chi connectivity index (χ0) is 12.5. The molecule has 4 heteroatoms. The number of rotatable bonds is 4. The average molecular weight is 237 g/mol. The zero-order valence-corrected chi connectivity index (χ0v) is 10.2. The van der Waals surface area contributed by atoms with Crippen LogP contribution in [0.1, 0.15) is 25.5 Å². The lowest BCUT2D eigenvalue weighted by Gasteiger charge is -2.39. The molecule has 1 unspecified atom stereocenters. The smallest absolute Gasteiger partial charge is 0.119 e. The Bertz CT molecular complexity index is 381. The summed E-state index contributed by atoms with van der Waals surface area (Å²) >= 11 is 0. The van der Waals surface area contributed by atoms with Gasteiger partial charge < -0.3 is 20.3 Å². The van der Waals surface area contributed by atoms with Crippen molar-refractivity contribution < 1.29 is 14.9 Å². The predicted octanol–water partition coefficient (Wildman–Crippen LogP) is 1.78. The molecule has 17 heavy (non-hydrogen) atoms. The van der Waals surface area contributed by atoms with E-state index in [1.165, 1.54) is 6.07 Å². The quantitative estimate of drug-likeness (QED) is 0.747. The fourth-order valence-electron chi connectivity index (χ4n) is 1.94. The summed E-state index contributed by atoms with van der Waals surface area (Å²) in [6.45, 7) is 6.63. The van der Waals surface area contributed by atoms with Crippen LogP contribution in [0.25, 0.3) is 0 Å². The SMILES string of the molecule is CC(NCC1(C)COC1)c1cc(O)cc(O)c1. The molecule has 0 radical (unpaired) electrons. The van der Waals surface area contributed by atoms with Crippen LogP contribution in [-0.4, -0.2) is 30.0 Å². The van der Waals surface area contributed by atoms with Gasteiger partial charge in [0.1, 0.15) is 11.5 Å². The Morgan fingerprint density at radius 1 is 1.29 bits per heavy atom. The molecule has 1 aliphatic heterocycles. The number of phenols is 2. The van der Waals surface area contributed by atoms with Crippen LogP contribution >= 0.6 is 0 Å². The normalized spacial score (nSPS) is 19.6. The lowest BCUT2D eigenvalue weighted by Crippen LogP contribution is -2.47. The number of benzene rings is 1. The van der Waals surface area contributed by atoms with E-state index in [1.807, 2.05) is 6.92 Å². The van der Waals surface area contributed by atoms with Gasteiger partial charge in [0.15, 0.2) is 0 Å². The van der Waals surface area contributed by atoms with Crippen molar-refractivity contribution in [2.75, 3.05) is 19.8 Å². The first-order chi connectivity index (χ1) is 7.98. The number of nitrogens with one attached hydrogen (secondary N) is 1. The third kappa shape index (κ3) is 2.90. The molecule has 0 amide bonds. The standard InChI is InChI=1S/C13H19NO3/c1-9(14-6-13(2)7-17-8-13)10-3-11(15)5-12(16)4-10/h3-5,9,14-16H,6-8H2,1-2H3. The van der Waals surface area contributed by atoms with Crippen molar-refractivity contribution in [2.45, 2.75) is 19.9 Å². The van der Waals surface area contributed by atoms with Gasteiger partial charge in [0.05, 0.1) is 13.2 Å². The molecule has 1 atom stereocenters. The Hall–Kier alpha value is -1.26. The van der Waals surface area contributed by atoms with Gasteiger partial charge in [-0.25, -0.2) is 0 Å². The van der Waals surface area contributed by atoms with E-state index in [4.69, 9.17) is 4.74 Å². The summed E-state index contributed by atoms with van der Waals surface area (Å²) < 4.78 is 5.19. The maximum absolute atomic E-state index is 9.42. The largest absolute Gasteiger partial charge is 0.508 e. The first kappa shape index (κ1) is 12.2. The van der Waals surface area contributed by atoms with Crippen molar-refractivity contribution in [2.24, 2.45) is 5.41 Å². The van der Waals surface area contributed by atoms with Crippen molar-refractivity contribution in [1.29, 1.82) is 0 Å². The molecule has 1 aromatic carbocycles. The summed E-state index contributed by atoms with van der Waals surface area (Å²) in [4.78, 5) is 0. The third-order valence-corrected chi connectivity index (χ3v) is 3.16. The van der Waals surface area contributed by atoms with Crippen LogP contribution in [0.2, 0.25) is 0 Å². The second-order valence-electron chi connectivity index (χ2n) is 5.19. The molecular formula is C13H19NO3. The lowest BCUT2D eigenvalue weighted by molar-refractivity contribution is -0.0999. The third-order valence-electron chi connectivity index (χ3n) is 3.16. The number of ether oxygens (including phenoxy) is 1. The average Bonchev–Trinajstić information content (AvgIpc) is 2.22. The van der Waals surface area contributed by atoms with Crippen LogP contribution in [0.15, 0.2) is 18.2 Å². The summed E-state index contributed by atoms with van der Waals surface area (Å²) in [6, 6.07) is 4.75. The van der Waals surface area contributed by atoms with Crippen molar-refractivity contribution in [3.05, 3.63) is 23.8 Å². The van der Waals surface area contributed by atoms with Crippen LogP contribution in [0, 0.1) is 5.41 Å². The Morgan fingerprint density at radius 3 is 2.35 bits per heavy atom. The fraction of sp³-hybridized carbons (Fsp3) is 0.538. The van der Waals surface area contributed by atoms with Crippen molar-refractivity contribution >= 4 is 0 Å². The highest BCUT2D eigenvalue weighted by Gasteiger charge is 2.33. The van der Waals surface area contributed by atoms with E-state index < -0.39 is 0 Å². The van der Waals surface area contributed by atoms with Crippen LogP contribution in [-0.2, 0) is 4.74 Å². The summed E-state index contributed by atoms with van der Waals surface area (Å²) in [5, 5.41) is 22.2. The van der Waals surface area contributed by atoms with E-state index >= 15 is 0 Å². The molecule has 0 aromatic heterocycles. The molecule has 0 saturated carbocycles. The van der Waals surface area contributed by atoms with E-state index in [1.54, 1.807) is 12.1 Å². The van der Waals surface area contributed by atoms with E-state index in [0.717, 1.165) is 25.3 Å². The second-order valence-corrected chi connectivity index (χ2v) is 5.19. The van der Waals surface area contributed by atoms with Gasteiger partial charge in [-0.1, -0.05) is 6.92 Å². The summed E-state index contributed by atoms with van der Waals surface area (Å²) in [5.41, 5.74) is 1.10. The molecule has 1 saturated heterocycles. The highest BCUT2D eigenvalue weighted by atomic mass is 16.5. The van der Waals surface area contributed by atoms with Crippen molar-refractivity contribution in [3.8, 4) is 11.5 Å². The molecule has 1 aliphatic rings. The monoisotopic (exact) mass is 237 g/mol. The van der Waals surface area contributed by atoms with E-state index in [0.29, 0.717) is 0 Å². The minimum atomic E-state index is 0.0884. The van der Waals surface area contributed by atoms with Crippen molar-refractivity contribution in [1.82, 2.24) is 5.32 Å². The highest BCUT2D eigenvalue weighted by molar-refractivity contribution is 5.37. The molecule has 0 aliphatic carbocycles. The number of hydrogen-bond donors (Lipinski definition) is 3. The summed E-state index contributed by atoms with van der Waals surface area (Å²) in [6.07, 6.45) is 0. The van der Waals surface area contributed by atoms with Gasteiger partial charge in [-0.15, -0.1) is 0 Å². The first-order valence-corrected chi connectivity index (χ1v) is 5.83. The van der Waals surface area contributed by atoms with Gasteiger partial charge in [-0.2, -0.15) is 0 Å². The van der Waals surface area contributed by atoms with Crippen LogP contribution in [0.4, 0.5) is 0 Å². The van der Waals surface area contributed by atoms with Gasteiger partial charge in [0.2, 0.25) is 0 Å². The topological polar surface area (TPSA) is 61.7 Å². The van der Waals surface area contributed by atoms with Gasteiger partial charge in [0.25, 0.3) is 0 Å².